The third kappa shape index (κ3) is 6.01. The highest BCUT2D eigenvalue weighted by atomic mass is 15.0. The minimum Gasteiger partial charge on any atom is -0.309 e. The summed E-state index contributed by atoms with van der Waals surface area (Å²) in [4.78, 5) is 16.0. The van der Waals surface area contributed by atoms with Gasteiger partial charge in [0.25, 0.3) is 0 Å². The van der Waals surface area contributed by atoms with Crippen LogP contribution in [0.25, 0.3) is 154 Å². The highest BCUT2D eigenvalue weighted by Crippen LogP contribution is 2.49. The Bertz CT molecular complexity index is 4960. The topological polar surface area (TPSA) is 48.5 Å². The van der Waals surface area contributed by atoms with Crippen LogP contribution in [0.5, 0.6) is 0 Å². The van der Waals surface area contributed by atoms with Crippen molar-refractivity contribution in [2.75, 3.05) is 0 Å². The van der Waals surface area contributed by atoms with Crippen LogP contribution in [0.2, 0.25) is 0 Å². The Hall–Kier alpha value is -9.97. The average molecular weight is 940 g/mol. The fourth-order valence-electron chi connectivity index (χ4n) is 12.2. The second-order valence-electron chi connectivity index (χ2n) is 19.5. The van der Waals surface area contributed by atoms with Gasteiger partial charge in [0.15, 0.2) is 17.5 Å². The summed E-state index contributed by atoms with van der Waals surface area (Å²) in [7, 11) is 0. The summed E-state index contributed by atoms with van der Waals surface area (Å²) in [5.41, 5.74) is 11.9. The Morgan fingerprint density at radius 1 is 0.243 bits per heavy atom. The molecule has 0 N–H and O–H groups in total. The fourth-order valence-corrected chi connectivity index (χ4v) is 12.2. The number of hydrogen-bond acceptors (Lipinski definition) is 3. The standard InChI is InChI=1S/C69H41N5/c1-2-23-49(24-3-1)74-60-34-13-12-29-55(60)57-32-16-31-53(66(57)74)48-39-59-54-28-10-11-30-56(54)63-52-27-9-7-20-45(52)40-62-65(63)64(59)61(41-48)73(62)50-25-14-22-46(38-50)67-70-68(47-36-35-42-17-4-5-19-44(42)37-47)72-69(71-67)58-33-15-21-43-18-6-8-26-51(43)58/h1-41H. The lowest BCUT2D eigenvalue weighted by molar-refractivity contribution is 1.07. The first-order valence-electron chi connectivity index (χ1n) is 25.3. The highest BCUT2D eigenvalue weighted by molar-refractivity contribution is 6.40. The lowest BCUT2D eigenvalue weighted by Gasteiger charge is -2.15. The van der Waals surface area contributed by atoms with Crippen molar-refractivity contribution in [3.05, 3.63) is 249 Å². The zero-order chi connectivity index (χ0) is 48.4. The van der Waals surface area contributed by atoms with Gasteiger partial charge in [-0.2, -0.15) is 0 Å². The van der Waals surface area contributed by atoms with Gasteiger partial charge in [-0.15, -0.1) is 0 Å². The van der Waals surface area contributed by atoms with E-state index in [1.54, 1.807) is 0 Å². The molecule has 5 heteroatoms. The molecule has 0 spiro atoms. The molecule has 0 unspecified atom stereocenters. The summed E-state index contributed by atoms with van der Waals surface area (Å²) < 4.78 is 4.94. The van der Waals surface area contributed by atoms with Gasteiger partial charge in [0.1, 0.15) is 0 Å². The molecular weight excluding hydrogens is 899 g/mol. The van der Waals surface area contributed by atoms with Crippen LogP contribution in [0, 0.1) is 0 Å². The molecule has 0 atom stereocenters. The molecule has 74 heavy (non-hydrogen) atoms. The Morgan fingerprint density at radius 3 is 1.69 bits per heavy atom. The number of aromatic nitrogens is 5. The number of rotatable bonds is 6. The van der Waals surface area contributed by atoms with Crippen molar-refractivity contribution in [3.8, 4) is 56.7 Å². The molecule has 3 heterocycles. The number of para-hydroxylation sites is 3. The molecule has 0 radical (unpaired) electrons. The van der Waals surface area contributed by atoms with Crippen LogP contribution < -0.4 is 0 Å². The van der Waals surface area contributed by atoms with E-state index in [1.807, 2.05) is 0 Å². The van der Waals surface area contributed by atoms with Crippen LogP contribution in [-0.2, 0) is 0 Å². The zero-order valence-electron chi connectivity index (χ0n) is 39.9. The maximum Gasteiger partial charge on any atom is 0.164 e. The van der Waals surface area contributed by atoms with Gasteiger partial charge >= 0.3 is 0 Å². The average Bonchev–Trinajstić information content (AvgIpc) is 4.09. The molecule has 0 fully saturated rings. The summed E-state index contributed by atoms with van der Waals surface area (Å²) in [6, 6.07) is 90.0. The van der Waals surface area contributed by atoms with E-state index < -0.39 is 0 Å². The van der Waals surface area contributed by atoms with Gasteiger partial charge in [-0.25, -0.2) is 15.0 Å². The van der Waals surface area contributed by atoms with Crippen molar-refractivity contribution in [1.29, 1.82) is 0 Å². The zero-order valence-corrected chi connectivity index (χ0v) is 39.9. The van der Waals surface area contributed by atoms with Crippen LogP contribution in [0.1, 0.15) is 0 Å². The predicted octanol–water partition coefficient (Wildman–Crippen LogP) is 17.9. The molecule has 0 saturated carbocycles. The first-order chi connectivity index (χ1) is 36.7. The van der Waals surface area contributed by atoms with Crippen molar-refractivity contribution < 1.29 is 0 Å². The molecule has 342 valence electrons. The molecule has 0 amide bonds. The molecular formula is C69H41N5. The van der Waals surface area contributed by atoms with Crippen LogP contribution in [0.15, 0.2) is 249 Å². The minimum atomic E-state index is 0.610. The first-order valence-corrected chi connectivity index (χ1v) is 25.3. The Balaban J connectivity index is 0.991. The van der Waals surface area contributed by atoms with Crippen molar-refractivity contribution >= 4 is 97.5 Å². The van der Waals surface area contributed by atoms with E-state index >= 15 is 0 Å². The predicted molar refractivity (Wildman–Crippen MR) is 309 cm³/mol. The van der Waals surface area contributed by atoms with E-state index in [9.17, 15) is 0 Å². The number of hydrogen-bond donors (Lipinski definition) is 0. The monoisotopic (exact) mass is 939 g/mol. The molecule has 13 aromatic carbocycles. The third-order valence-electron chi connectivity index (χ3n) is 15.4. The van der Waals surface area contributed by atoms with Crippen molar-refractivity contribution in [2.45, 2.75) is 0 Å². The van der Waals surface area contributed by atoms with Crippen molar-refractivity contribution in [2.24, 2.45) is 0 Å². The van der Waals surface area contributed by atoms with Gasteiger partial charge in [0.05, 0.1) is 22.1 Å². The molecule has 0 saturated heterocycles. The SMILES string of the molecule is c1ccc(-n2c3ccccc3c3cccc(-c4cc5c6ccccc6c6c7ccccc7cc7c6c5c(c4)n7-c4cccc(-c5nc(-c6ccc7ccccc7c6)nc(-c6cccc7ccccc67)n5)c4)c32)cc1. The molecule has 0 bridgehead atoms. The van der Waals surface area contributed by atoms with E-state index in [-0.39, 0.29) is 0 Å². The largest absolute Gasteiger partial charge is 0.309 e. The normalized spacial score (nSPS) is 12.1. The van der Waals surface area contributed by atoms with Gasteiger partial charge in [0, 0.05) is 60.6 Å². The van der Waals surface area contributed by atoms with Crippen molar-refractivity contribution in [3.63, 3.8) is 0 Å². The van der Waals surface area contributed by atoms with E-state index in [2.05, 4.69) is 258 Å². The molecule has 0 aliphatic heterocycles. The van der Waals surface area contributed by atoms with Gasteiger partial charge < -0.3 is 9.13 Å². The second kappa shape index (κ2) is 15.8. The van der Waals surface area contributed by atoms with E-state index in [4.69, 9.17) is 15.0 Å². The van der Waals surface area contributed by atoms with Crippen LogP contribution >= 0.6 is 0 Å². The van der Waals surface area contributed by atoms with Crippen LogP contribution in [0.4, 0.5) is 0 Å². The summed E-state index contributed by atoms with van der Waals surface area (Å²) in [5.74, 6) is 1.87. The molecule has 16 rings (SSSR count). The first kappa shape index (κ1) is 40.7. The maximum atomic E-state index is 5.37. The fraction of sp³-hybridized carbons (Fsp3) is 0. The van der Waals surface area contributed by atoms with Crippen molar-refractivity contribution in [1.82, 2.24) is 24.1 Å². The molecule has 16 aromatic rings. The van der Waals surface area contributed by atoms with E-state index in [0.717, 1.165) is 60.8 Å². The quantitative estimate of drug-likeness (QED) is 0.156. The van der Waals surface area contributed by atoms with Gasteiger partial charge in [-0.1, -0.05) is 194 Å². The van der Waals surface area contributed by atoms with Crippen LogP contribution in [-0.4, -0.2) is 24.1 Å². The Labute approximate surface area is 424 Å². The number of nitrogens with zero attached hydrogens (tertiary/aromatic N) is 5. The van der Waals surface area contributed by atoms with Gasteiger partial charge in [-0.05, 0) is 109 Å². The summed E-state index contributed by atoms with van der Waals surface area (Å²) in [5, 5.41) is 16.9. The summed E-state index contributed by atoms with van der Waals surface area (Å²) in [6.07, 6.45) is 0. The summed E-state index contributed by atoms with van der Waals surface area (Å²) in [6.45, 7) is 0. The Morgan fingerprint density at radius 2 is 0.838 bits per heavy atom. The van der Waals surface area contributed by atoms with Gasteiger partial charge in [-0.3, -0.25) is 0 Å². The lowest BCUT2D eigenvalue weighted by atomic mass is 9.89. The summed E-state index contributed by atoms with van der Waals surface area (Å²) >= 11 is 0. The third-order valence-corrected chi connectivity index (χ3v) is 15.4. The maximum absolute atomic E-state index is 5.37. The van der Waals surface area contributed by atoms with Crippen LogP contribution in [0.3, 0.4) is 0 Å². The molecule has 3 aromatic heterocycles. The Kier molecular flexibility index (Phi) is 8.68. The number of benzene rings is 13. The highest BCUT2D eigenvalue weighted by Gasteiger charge is 2.25. The molecule has 0 aliphatic rings. The smallest absolute Gasteiger partial charge is 0.164 e. The van der Waals surface area contributed by atoms with E-state index in [1.165, 1.54) is 75.8 Å². The molecule has 5 nitrogen and oxygen atoms in total. The second-order valence-corrected chi connectivity index (χ2v) is 19.5. The molecule has 0 aliphatic carbocycles. The van der Waals surface area contributed by atoms with E-state index in [0.29, 0.717) is 17.5 Å². The lowest BCUT2D eigenvalue weighted by Crippen LogP contribution is -2.01. The van der Waals surface area contributed by atoms with Gasteiger partial charge in [0.2, 0.25) is 0 Å². The minimum absolute atomic E-state index is 0.610. The number of fused-ring (bicyclic) bond motifs is 10.